The molecule has 0 aromatic heterocycles. The second-order valence-corrected chi connectivity index (χ2v) is 12.7. The van der Waals surface area contributed by atoms with Gasteiger partial charge in [0.1, 0.15) is 6.10 Å². The minimum absolute atomic E-state index is 0.0154. The Bertz CT molecular complexity index is 825. The van der Waals surface area contributed by atoms with Crippen molar-refractivity contribution in [1.29, 1.82) is 0 Å². The van der Waals surface area contributed by atoms with E-state index in [0.29, 0.717) is 12.8 Å². The van der Waals surface area contributed by atoms with Gasteiger partial charge in [0.25, 0.3) is 0 Å². The molecule has 3 saturated carbocycles. The number of carbonyl (C=O) groups excluding carboxylic acids is 2. The fourth-order valence-electron chi connectivity index (χ4n) is 7.31. The lowest BCUT2D eigenvalue weighted by atomic mass is 9.46. The van der Waals surface area contributed by atoms with E-state index in [2.05, 4.69) is 20.1 Å². The zero-order chi connectivity index (χ0) is 21.9. The Morgan fingerprint density at radius 3 is 2.67 bits per heavy atom. The van der Waals surface area contributed by atoms with Crippen molar-refractivity contribution in [2.24, 2.45) is 22.7 Å². The number of allylic oxidation sites excluding steroid dienone is 4. The van der Waals surface area contributed by atoms with E-state index in [-0.39, 0.29) is 27.1 Å². The number of ketones is 1. The van der Waals surface area contributed by atoms with E-state index < -0.39 is 23.2 Å². The lowest BCUT2D eigenvalue weighted by Gasteiger charge is -2.63. The highest BCUT2D eigenvalue weighted by atomic mass is 32.2. The maximum Gasteiger partial charge on any atom is 0.303 e. The van der Waals surface area contributed by atoms with Gasteiger partial charge in [-0.05, 0) is 74.5 Å². The van der Waals surface area contributed by atoms with Crippen LogP contribution in [0.3, 0.4) is 0 Å². The molecular formula is C24H33FO3S2. The number of alkyl halides is 1. The molecule has 0 radical (unpaired) electrons. The molecule has 0 aliphatic heterocycles. The van der Waals surface area contributed by atoms with Gasteiger partial charge in [0.2, 0.25) is 0 Å². The molecule has 4 aliphatic rings. The van der Waals surface area contributed by atoms with E-state index in [1.165, 1.54) is 13.0 Å². The van der Waals surface area contributed by atoms with Crippen LogP contribution in [0.4, 0.5) is 4.39 Å². The van der Waals surface area contributed by atoms with Crippen LogP contribution in [0.5, 0.6) is 0 Å². The van der Waals surface area contributed by atoms with Crippen LogP contribution in [-0.2, 0) is 14.3 Å². The van der Waals surface area contributed by atoms with Gasteiger partial charge in [-0.15, -0.1) is 23.5 Å². The number of hydrogen-bond donors (Lipinski definition) is 0. The van der Waals surface area contributed by atoms with E-state index >= 15 is 4.39 Å². The molecule has 0 bridgehead atoms. The van der Waals surface area contributed by atoms with Gasteiger partial charge in [0.05, 0.1) is 4.08 Å². The molecule has 3 nitrogen and oxygen atoms in total. The Hall–Kier alpha value is -0.750. The first-order valence-electron chi connectivity index (χ1n) is 11.1. The van der Waals surface area contributed by atoms with Crippen molar-refractivity contribution in [3.05, 3.63) is 23.8 Å². The second kappa shape index (κ2) is 7.40. The summed E-state index contributed by atoms with van der Waals surface area (Å²) >= 11 is 3.88. The molecule has 0 aromatic rings. The van der Waals surface area contributed by atoms with Crippen molar-refractivity contribution in [3.63, 3.8) is 0 Å². The summed E-state index contributed by atoms with van der Waals surface area (Å²) in [6.07, 6.45) is 10.3. The van der Waals surface area contributed by atoms with Crippen molar-refractivity contribution < 1.29 is 18.7 Å². The maximum absolute atomic E-state index is 17.5. The predicted octanol–water partition coefficient (Wildman–Crippen LogP) is 5.74. The predicted molar refractivity (Wildman–Crippen MR) is 122 cm³/mol. The number of carbonyl (C=O) groups is 2. The van der Waals surface area contributed by atoms with Gasteiger partial charge in [-0.3, -0.25) is 9.59 Å². The van der Waals surface area contributed by atoms with Gasteiger partial charge in [0.15, 0.2) is 11.5 Å². The lowest BCUT2D eigenvalue weighted by molar-refractivity contribution is -0.209. The first kappa shape index (κ1) is 22.4. The number of ether oxygens (including phenoxy) is 1. The Morgan fingerprint density at radius 1 is 1.30 bits per heavy atom. The number of fused-ring (bicyclic) bond motifs is 5. The fraction of sp³-hybridized carbons (Fsp3) is 0.750. The average Bonchev–Trinajstić information content (AvgIpc) is 2.96. The summed E-state index contributed by atoms with van der Waals surface area (Å²) in [7, 11) is 0. The van der Waals surface area contributed by atoms with Crippen molar-refractivity contribution in [1.82, 2.24) is 0 Å². The summed E-state index contributed by atoms with van der Waals surface area (Å²) in [5, 5.41) is 0. The summed E-state index contributed by atoms with van der Waals surface area (Å²) in [6, 6.07) is 0. The molecule has 2 unspecified atom stereocenters. The number of thioether (sulfide) groups is 2. The number of hydrogen-bond acceptors (Lipinski definition) is 5. The summed E-state index contributed by atoms with van der Waals surface area (Å²) in [5.41, 5.74) is -1.87. The minimum Gasteiger partial charge on any atom is -0.459 e. The molecule has 30 heavy (non-hydrogen) atoms. The molecular weight excluding hydrogens is 419 g/mol. The molecule has 3 fully saturated rings. The van der Waals surface area contributed by atoms with Crippen molar-refractivity contribution >= 4 is 35.3 Å². The molecule has 7 atom stereocenters. The fourth-order valence-corrected chi connectivity index (χ4v) is 10.5. The molecule has 4 aliphatic carbocycles. The Kier molecular flexibility index (Phi) is 5.53. The van der Waals surface area contributed by atoms with E-state index in [1.54, 1.807) is 12.2 Å². The van der Waals surface area contributed by atoms with Gasteiger partial charge in [-0.1, -0.05) is 25.5 Å². The highest BCUT2D eigenvalue weighted by Gasteiger charge is 2.74. The third-order valence-corrected chi connectivity index (χ3v) is 12.3. The number of rotatable bonds is 4. The van der Waals surface area contributed by atoms with Crippen LogP contribution in [0, 0.1) is 22.7 Å². The molecule has 0 saturated heterocycles. The highest BCUT2D eigenvalue weighted by Crippen LogP contribution is 2.74. The Morgan fingerprint density at radius 2 is 2.03 bits per heavy atom. The van der Waals surface area contributed by atoms with Crippen molar-refractivity contribution in [3.8, 4) is 0 Å². The van der Waals surface area contributed by atoms with E-state index in [0.717, 1.165) is 30.6 Å². The normalized spacial score (nSPS) is 47.2. The summed E-state index contributed by atoms with van der Waals surface area (Å²) in [4.78, 5) is 24.1. The standard InChI is InChI=1S/C24H33FO3S2/c1-6-30-23(29-5)12-10-18-19-8-7-16-13-17(27)9-11-21(16,3)24(19,25)20(28-15(2)26)14-22(18,23)4/h9,11,13,18-20H,6-8,10,12,14H2,1-5H3/t18-,19-,20-,21-,22-,23?,24?/m0/s1. The average molecular weight is 453 g/mol. The SMILES string of the molecule is CCSC1(SC)CC[C@H]2[C@@H]3CCC4=CC(=O)C=C[C@]4(C)C3(F)[C@@H](OC(C)=O)C[C@@]21C. The van der Waals surface area contributed by atoms with Crippen LogP contribution in [0.2, 0.25) is 0 Å². The number of halogens is 1. The molecule has 166 valence electrons. The quantitative estimate of drug-likeness (QED) is 0.402. The molecule has 0 N–H and O–H groups in total. The van der Waals surface area contributed by atoms with Crippen LogP contribution < -0.4 is 0 Å². The number of esters is 1. The van der Waals surface area contributed by atoms with Gasteiger partial charge in [-0.25, -0.2) is 4.39 Å². The topological polar surface area (TPSA) is 43.4 Å². The van der Waals surface area contributed by atoms with Gasteiger partial charge in [-0.2, -0.15) is 0 Å². The highest BCUT2D eigenvalue weighted by molar-refractivity contribution is 8.18. The third kappa shape index (κ3) is 2.78. The van der Waals surface area contributed by atoms with Crippen LogP contribution in [0.15, 0.2) is 23.8 Å². The first-order chi connectivity index (χ1) is 14.1. The molecule has 0 spiro atoms. The smallest absolute Gasteiger partial charge is 0.303 e. The molecule has 4 rings (SSSR count). The van der Waals surface area contributed by atoms with E-state index in [9.17, 15) is 9.59 Å². The van der Waals surface area contributed by atoms with Crippen LogP contribution >= 0.6 is 23.5 Å². The monoisotopic (exact) mass is 452 g/mol. The van der Waals surface area contributed by atoms with Gasteiger partial charge < -0.3 is 4.74 Å². The molecule has 0 aromatic carbocycles. The van der Waals surface area contributed by atoms with E-state index in [1.807, 2.05) is 30.4 Å². The van der Waals surface area contributed by atoms with E-state index in [4.69, 9.17) is 4.74 Å². The minimum atomic E-state index is -1.70. The summed E-state index contributed by atoms with van der Waals surface area (Å²) in [5.74, 6) is 0.569. The van der Waals surface area contributed by atoms with Crippen molar-refractivity contribution in [2.45, 2.75) is 75.7 Å². The largest absolute Gasteiger partial charge is 0.459 e. The van der Waals surface area contributed by atoms with Crippen LogP contribution in [-0.4, -0.2) is 39.6 Å². The summed E-state index contributed by atoms with van der Waals surface area (Å²) in [6.45, 7) is 7.79. The first-order valence-corrected chi connectivity index (χ1v) is 13.3. The molecule has 0 amide bonds. The zero-order valence-corrected chi connectivity index (χ0v) is 20.3. The van der Waals surface area contributed by atoms with Crippen LogP contribution in [0.1, 0.15) is 59.8 Å². The van der Waals surface area contributed by atoms with Gasteiger partial charge in [0, 0.05) is 18.3 Å². The third-order valence-electron chi connectivity index (χ3n) is 8.68. The second-order valence-electron chi connectivity index (χ2n) is 9.78. The van der Waals surface area contributed by atoms with Crippen molar-refractivity contribution in [2.75, 3.05) is 12.0 Å². The zero-order valence-electron chi connectivity index (χ0n) is 18.6. The van der Waals surface area contributed by atoms with Crippen LogP contribution in [0.25, 0.3) is 0 Å². The van der Waals surface area contributed by atoms with Gasteiger partial charge >= 0.3 is 5.97 Å². The molecule has 0 heterocycles. The maximum atomic E-state index is 17.5. The summed E-state index contributed by atoms with van der Waals surface area (Å²) < 4.78 is 23.4. The Labute approximate surface area is 188 Å². The Balaban J connectivity index is 1.85. The lowest BCUT2D eigenvalue weighted by Crippen LogP contribution is -2.68. The molecule has 6 heteroatoms.